The Labute approximate surface area is 93.4 Å². The van der Waals surface area contributed by atoms with Crippen LogP contribution in [0.15, 0.2) is 0 Å². The van der Waals surface area contributed by atoms with E-state index in [4.69, 9.17) is 5.73 Å². The standard InChI is InChI=1S/C12H25N3/c1-15-8-2-3-12(15)14-9-10-4-6-11(13)7-5-10/h10-12,14H,2-9,13H2,1H3. The molecule has 1 heterocycles. The molecule has 0 bridgehead atoms. The predicted octanol–water partition coefficient (Wildman–Crippen LogP) is 1.15. The summed E-state index contributed by atoms with van der Waals surface area (Å²) in [6.45, 7) is 2.45. The van der Waals surface area contributed by atoms with Crippen LogP contribution in [0.2, 0.25) is 0 Å². The molecule has 1 saturated carbocycles. The van der Waals surface area contributed by atoms with E-state index in [-0.39, 0.29) is 0 Å². The molecule has 2 aliphatic rings. The van der Waals surface area contributed by atoms with Crippen molar-refractivity contribution in [2.45, 2.75) is 50.7 Å². The molecule has 1 saturated heterocycles. The molecular weight excluding hydrogens is 186 g/mol. The lowest BCUT2D eigenvalue weighted by atomic mass is 9.86. The Balaban J connectivity index is 1.65. The van der Waals surface area contributed by atoms with Gasteiger partial charge in [-0.05, 0) is 64.6 Å². The average Bonchev–Trinajstić information content (AvgIpc) is 2.63. The zero-order valence-corrected chi connectivity index (χ0v) is 9.91. The van der Waals surface area contributed by atoms with Gasteiger partial charge in [0.25, 0.3) is 0 Å². The van der Waals surface area contributed by atoms with Gasteiger partial charge in [0.2, 0.25) is 0 Å². The van der Waals surface area contributed by atoms with Crippen LogP contribution in [0, 0.1) is 5.92 Å². The van der Waals surface area contributed by atoms with Crippen molar-refractivity contribution in [1.82, 2.24) is 10.2 Å². The molecule has 0 aromatic heterocycles. The van der Waals surface area contributed by atoms with E-state index < -0.39 is 0 Å². The summed E-state index contributed by atoms with van der Waals surface area (Å²) in [5, 5.41) is 3.70. The Bertz CT molecular complexity index is 187. The maximum atomic E-state index is 5.91. The summed E-state index contributed by atoms with van der Waals surface area (Å²) in [7, 11) is 2.22. The molecule has 0 aromatic carbocycles. The molecule has 0 aromatic rings. The van der Waals surface area contributed by atoms with E-state index in [9.17, 15) is 0 Å². The van der Waals surface area contributed by atoms with Crippen LogP contribution < -0.4 is 11.1 Å². The Kier molecular flexibility index (Phi) is 4.00. The summed E-state index contributed by atoms with van der Waals surface area (Å²) in [6, 6.07) is 0.482. The Hall–Kier alpha value is -0.120. The first-order chi connectivity index (χ1) is 7.25. The number of hydrogen-bond donors (Lipinski definition) is 2. The van der Waals surface area contributed by atoms with E-state index in [1.54, 1.807) is 0 Å². The van der Waals surface area contributed by atoms with Crippen LogP contribution in [0.4, 0.5) is 0 Å². The van der Waals surface area contributed by atoms with Crippen molar-refractivity contribution in [3.8, 4) is 0 Å². The highest BCUT2D eigenvalue weighted by molar-refractivity contribution is 4.79. The molecule has 1 aliphatic carbocycles. The number of nitrogens with zero attached hydrogens (tertiary/aromatic N) is 1. The van der Waals surface area contributed by atoms with Gasteiger partial charge in [0, 0.05) is 6.04 Å². The van der Waals surface area contributed by atoms with Gasteiger partial charge in [-0.25, -0.2) is 0 Å². The number of nitrogens with one attached hydrogen (secondary N) is 1. The summed E-state index contributed by atoms with van der Waals surface area (Å²) in [5.41, 5.74) is 5.91. The number of nitrogens with two attached hydrogens (primary N) is 1. The van der Waals surface area contributed by atoms with Gasteiger partial charge in [0.05, 0.1) is 6.17 Å². The van der Waals surface area contributed by atoms with Gasteiger partial charge in [0.1, 0.15) is 0 Å². The Morgan fingerprint density at radius 2 is 1.93 bits per heavy atom. The van der Waals surface area contributed by atoms with E-state index in [1.165, 1.54) is 51.6 Å². The number of hydrogen-bond acceptors (Lipinski definition) is 3. The normalized spacial score (nSPS) is 38.4. The molecule has 3 N–H and O–H groups in total. The number of rotatable bonds is 3. The molecule has 2 fully saturated rings. The Morgan fingerprint density at radius 1 is 1.20 bits per heavy atom. The van der Waals surface area contributed by atoms with Crippen LogP contribution in [0.3, 0.4) is 0 Å². The highest BCUT2D eigenvalue weighted by atomic mass is 15.3. The molecule has 3 heteroatoms. The van der Waals surface area contributed by atoms with Crippen LogP contribution in [0.25, 0.3) is 0 Å². The van der Waals surface area contributed by atoms with Crippen molar-refractivity contribution in [3.63, 3.8) is 0 Å². The van der Waals surface area contributed by atoms with Crippen molar-refractivity contribution in [1.29, 1.82) is 0 Å². The number of likely N-dealkylation sites (tertiary alicyclic amines) is 1. The predicted molar refractivity (Wildman–Crippen MR) is 63.6 cm³/mol. The minimum Gasteiger partial charge on any atom is -0.328 e. The molecule has 15 heavy (non-hydrogen) atoms. The van der Waals surface area contributed by atoms with Crippen molar-refractivity contribution in [3.05, 3.63) is 0 Å². The summed E-state index contributed by atoms with van der Waals surface area (Å²) >= 11 is 0. The van der Waals surface area contributed by atoms with Gasteiger partial charge < -0.3 is 11.1 Å². The minimum absolute atomic E-state index is 0.482. The maximum Gasteiger partial charge on any atom is 0.0595 e. The fourth-order valence-corrected chi connectivity index (χ4v) is 2.86. The van der Waals surface area contributed by atoms with E-state index in [1.807, 2.05) is 0 Å². The smallest absolute Gasteiger partial charge is 0.0595 e. The van der Waals surface area contributed by atoms with Crippen molar-refractivity contribution < 1.29 is 0 Å². The minimum atomic E-state index is 0.482. The third-order valence-electron chi connectivity index (χ3n) is 4.05. The molecule has 88 valence electrons. The zero-order valence-electron chi connectivity index (χ0n) is 9.91. The molecule has 1 unspecified atom stereocenters. The third kappa shape index (κ3) is 3.16. The lowest BCUT2D eigenvalue weighted by Gasteiger charge is -2.29. The maximum absolute atomic E-state index is 5.91. The Morgan fingerprint density at radius 3 is 2.53 bits per heavy atom. The van der Waals surface area contributed by atoms with Gasteiger partial charge >= 0.3 is 0 Å². The van der Waals surface area contributed by atoms with Gasteiger partial charge in [-0.15, -0.1) is 0 Å². The van der Waals surface area contributed by atoms with Crippen LogP contribution in [-0.2, 0) is 0 Å². The summed E-state index contributed by atoms with van der Waals surface area (Å²) in [4.78, 5) is 2.44. The summed E-state index contributed by atoms with van der Waals surface area (Å²) in [5.74, 6) is 0.874. The monoisotopic (exact) mass is 211 g/mol. The SMILES string of the molecule is CN1CCCC1NCC1CCC(N)CC1. The van der Waals surface area contributed by atoms with Gasteiger partial charge in [0.15, 0.2) is 0 Å². The van der Waals surface area contributed by atoms with Gasteiger partial charge in [-0.2, -0.15) is 0 Å². The summed E-state index contributed by atoms with van der Waals surface area (Å²) in [6.07, 6.45) is 8.42. The van der Waals surface area contributed by atoms with Gasteiger partial charge in [-0.3, -0.25) is 4.90 Å². The van der Waals surface area contributed by atoms with Crippen LogP contribution in [-0.4, -0.2) is 37.2 Å². The first-order valence-electron chi connectivity index (χ1n) is 6.45. The zero-order chi connectivity index (χ0) is 10.7. The largest absolute Gasteiger partial charge is 0.328 e. The topological polar surface area (TPSA) is 41.3 Å². The van der Waals surface area contributed by atoms with Gasteiger partial charge in [-0.1, -0.05) is 0 Å². The fourth-order valence-electron chi connectivity index (χ4n) is 2.86. The van der Waals surface area contributed by atoms with Crippen molar-refractivity contribution in [2.24, 2.45) is 11.7 Å². The van der Waals surface area contributed by atoms with E-state index in [2.05, 4.69) is 17.3 Å². The average molecular weight is 211 g/mol. The molecule has 1 atom stereocenters. The van der Waals surface area contributed by atoms with Crippen molar-refractivity contribution in [2.75, 3.05) is 20.1 Å². The third-order valence-corrected chi connectivity index (χ3v) is 4.05. The second-order valence-corrected chi connectivity index (χ2v) is 5.33. The van der Waals surface area contributed by atoms with E-state index in [0.717, 1.165) is 5.92 Å². The molecule has 3 nitrogen and oxygen atoms in total. The molecule has 0 spiro atoms. The fraction of sp³-hybridized carbons (Fsp3) is 1.00. The highest BCUT2D eigenvalue weighted by Gasteiger charge is 2.23. The second kappa shape index (κ2) is 5.28. The molecule has 0 radical (unpaired) electrons. The molecular formula is C12H25N3. The quantitative estimate of drug-likeness (QED) is 0.735. The van der Waals surface area contributed by atoms with Crippen LogP contribution >= 0.6 is 0 Å². The lowest BCUT2D eigenvalue weighted by Crippen LogP contribution is -2.42. The lowest BCUT2D eigenvalue weighted by molar-refractivity contribution is 0.232. The van der Waals surface area contributed by atoms with E-state index in [0.29, 0.717) is 12.2 Å². The van der Waals surface area contributed by atoms with Crippen LogP contribution in [0.1, 0.15) is 38.5 Å². The highest BCUT2D eigenvalue weighted by Crippen LogP contribution is 2.23. The van der Waals surface area contributed by atoms with Crippen molar-refractivity contribution >= 4 is 0 Å². The van der Waals surface area contributed by atoms with E-state index >= 15 is 0 Å². The summed E-state index contributed by atoms with van der Waals surface area (Å²) < 4.78 is 0. The molecule has 1 aliphatic heterocycles. The molecule has 2 rings (SSSR count). The first-order valence-corrected chi connectivity index (χ1v) is 6.45. The molecule has 0 amide bonds. The first kappa shape index (κ1) is 11.4. The second-order valence-electron chi connectivity index (χ2n) is 5.33. The van der Waals surface area contributed by atoms with Crippen LogP contribution in [0.5, 0.6) is 0 Å².